The van der Waals surface area contributed by atoms with Crippen LogP contribution in [0.15, 0.2) is 48.0 Å². The number of benzene rings is 2. The summed E-state index contributed by atoms with van der Waals surface area (Å²) < 4.78 is 21.6. The highest BCUT2D eigenvalue weighted by Crippen LogP contribution is 2.41. The summed E-state index contributed by atoms with van der Waals surface area (Å²) in [6.07, 6.45) is 1.24. The Kier molecular flexibility index (Phi) is 5.66. The molecule has 0 aromatic heterocycles. The van der Waals surface area contributed by atoms with E-state index in [0.717, 1.165) is 11.3 Å². The molecule has 6 heteroatoms. The highest BCUT2D eigenvalue weighted by molar-refractivity contribution is 5.78. The molecule has 0 spiro atoms. The van der Waals surface area contributed by atoms with Crippen LogP contribution in [-0.4, -0.2) is 39.0 Å². The monoisotopic (exact) mass is 370 g/mol. The number of carbonyl (C=O) groups is 1. The average Bonchev–Trinajstić information content (AvgIpc) is 3.12. The van der Waals surface area contributed by atoms with Crippen LogP contribution in [0.5, 0.6) is 17.2 Å². The van der Waals surface area contributed by atoms with Crippen LogP contribution in [0, 0.1) is 5.92 Å². The second-order valence-electron chi connectivity index (χ2n) is 6.19. The van der Waals surface area contributed by atoms with Gasteiger partial charge in [0.15, 0.2) is 0 Å². The van der Waals surface area contributed by atoms with Gasteiger partial charge >= 0.3 is 5.97 Å². The predicted molar refractivity (Wildman–Crippen MR) is 100 cm³/mol. The molecule has 6 nitrogen and oxygen atoms in total. The van der Waals surface area contributed by atoms with Gasteiger partial charge in [0.1, 0.15) is 29.3 Å². The Morgan fingerprint density at radius 3 is 2.11 bits per heavy atom. The molecule has 1 N–H and O–H groups in total. The maximum Gasteiger partial charge on any atom is 0.313 e. The molecule has 142 valence electrons. The Labute approximate surface area is 157 Å². The van der Waals surface area contributed by atoms with E-state index in [1.165, 1.54) is 0 Å². The molecule has 2 aromatic rings. The van der Waals surface area contributed by atoms with E-state index < -0.39 is 18.0 Å². The highest BCUT2D eigenvalue weighted by Gasteiger charge is 2.39. The van der Waals surface area contributed by atoms with Crippen molar-refractivity contribution in [3.63, 3.8) is 0 Å². The zero-order valence-electron chi connectivity index (χ0n) is 15.5. The molecule has 27 heavy (non-hydrogen) atoms. The van der Waals surface area contributed by atoms with Gasteiger partial charge in [-0.05, 0) is 41.0 Å². The molecule has 0 aliphatic carbocycles. The molecule has 1 aliphatic heterocycles. The molecule has 2 unspecified atom stereocenters. The third-order valence-electron chi connectivity index (χ3n) is 4.57. The van der Waals surface area contributed by atoms with Crippen LogP contribution in [-0.2, 0) is 9.53 Å². The van der Waals surface area contributed by atoms with Crippen molar-refractivity contribution in [3.8, 4) is 17.2 Å². The third kappa shape index (κ3) is 4.06. The summed E-state index contributed by atoms with van der Waals surface area (Å²) in [6.45, 7) is 0.243. The van der Waals surface area contributed by atoms with E-state index in [4.69, 9.17) is 18.9 Å². The molecular weight excluding hydrogens is 348 g/mol. The van der Waals surface area contributed by atoms with Crippen molar-refractivity contribution >= 4 is 12.0 Å². The first-order chi connectivity index (χ1) is 13.0. The van der Waals surface area contributed by atoms with E-state index in [2.05, 4.69) is 0 Å². The molecule has 2 atom stereocenters. The van der Waals surface area contributed by atoms with Gasteiger partial charge in [0.25, 0.3) is 0 Å². The summed E-state index contributed by atoms with van der Waals surface area (Å²) in [5, 5.41) is 9.83. The zero-order valence-corrected chi connectivity index (χ0v) is 15.5. The summed E-state index contributed by atoms with van der Waals surface area (Å²) >= 11 is 0. The molecule has 2 aromatic carbocycles. The minimum Gasteiger partial charge on any atom is -0.497 e. The number of ether oxygens (including phenoxy) is 4. The van der Waals surface area contributed by atoms with Crippen molar-refractivity contribution in [1.29, 1.82) is 0 Å². The average molecular weight is 370 g/mol. The predicted octanol–water partition coefficient (Wildman–Crippen LogP) is 3.57. The number of rotatable bonds is 6. The van der Waals surface area contributed by atoms with Gasteiger partial charge in [-0.15, -0.1) is 0 Å². The van der Waals surface area contributed by atoms with Crippen molar-refractivity contribution in [2.24, 2.45) is 5.92 Å². The lowest BCUT2D eigenvalue weighted by molar-refractivity contribution is -0.142. The van der Waals surface area contributed by atoms with Gasteiger partial charge in [-0.3, -0.25) is 4.79 Å². The molecule has 1 aliphatic rings. The second kappa shape index (κ2) is 8.14. The van der Waals surface area contributed by atoms with Crippen molar-refractivity contribution in [3.05, 3.63) is 59.2 Å². The summed E-state index contributed by atoms with van der Waals surface area (Å²) in [7, 11) is 4.71. The molecule has 0 bridgehead atoms. The smallest absolute Gasteiger partial charge is 0.313 e. The van der Waals surface area contributed by atoms with Crippen LogP contribution < -0.4 is 14.2 Å². The SMILES string of the molecule is COc1ccc(/C=C2\COC(c3cc(OC)cc(OC)c3)C2C(=O)O)cc1. The molecule has 0 saturated carbocycles. The van der Waals surface area contributed by atoms with Crippen LogP contribution in [0.1, 0.15) is 17.2 Å². The largest absolute Gasteiger partial charge is 0.497 e. The molecule has 1 fully saturated rings. The Bertz CT molecular complexity index is 818. The number of carboxylic acid groups (broad SMARTS) is 1. The van der Waals surface area contributed by atoms with E-state index in [1.807, 2.05) is 30.3 Å². The van der Waals surface area contributed by atoms with Gasteiger partial charge in [0.2, 0.25) is 0 Å². The topological polar surface area (TPSA) is 74.2 Å². The van der Waals surface area contributed by atoms with E-state index in [0.29, 0.717) is 22.6 Å². The lowest BCUT2D eigenvalue weighted by Gasteiger charge is -2.17. The highest BCUT2D eigenvalue weighted by atomic mass is 16.5. The van der Waals surface area contributed by atoms with E-state index in [1.54, 1.807) is 39.5 Å². The first-order valence-corrected chi connectivity index (χ1v) is 8.47. The summed E-state index contributed by atoms with van der Waals surface area (Å²) in [5.41, 5.74) is 2.31. The number of carboxylic acids is 1. The third-order valence-corrected chi connectivity index (χ3v) is 4.57. The minimum atomic E-state index is -0.931. The van der Waals surface area contributed by atoms with Crippen LogP contribution in [0.2, 0.25) is 0 Å². The van der Waals surface area contributed by atoms with Crippen LogP contribution >= 0.6 is 0 Å². The van der Waals surface area contributed by atoms with Crippen molar-refractivity contribution in [1.82, 2.24) is 0 Å². The minimum absolute atomic E-state index is 0.243. The molecule has 0 radical (unpaired) electrons. The Hall–Kier alpha value is -2.99. The second-order valence-corrected chi connectivity index (χ2v) is 6.19. The van der Waals surface area contributed by atoms with E-state index >= 15 is 0 Å². The fourth-order valence-corrected chi connectivity index (χ4v) is 3.18. The van der Waals surface area contributed by atoms with Crippen LogP contribution in [0.4, 0.5) is 0 Å². The van der Waals surface area contributed by atoms with E-state index in [-0.39, 0.29) is 6.61 Å². The Morgan fingerprint density at radius 1 is 1.00 bits per heavy atom. The molecular formula is C21H22O6. The maximum absolute atomic E-state index is 12.0. The molecule has 1 heterocycles. The summed E-state index contributed by atoms with van der Waals surface area (Å²) in [4.78, 5) is 12.0. The van der Waals surface area contributed by atoms with Crippen molar-refractivity contribution < 1.29 is 28.8 Å². The number of methoxy groups -OCH3 is 3. The van der Waals surface area contributed by atoms with Gasteiger partial charge in [-0.1, -0.05) is 18.2 Å². The molecule has 0 amide bonds. The van der Waals surface area contributed by atoms with E-state index in [9.17, 15) is 9.90 Å². The molecule has 1 saturated heterocycles. The zero-order chi connectivity index (χ0) is 19.4. The number of hydrogen-bond donors (Lipinski definition) is 1. The van der Waals surface area contributed by atoms with Gasteiger partial charge in [-0.25, -0.2) is 0 Å². The first-order valence-electron chi connectivity index (χ1n) is 8.47. The normalized spacial score (nSPS) is 20.5. The summed E-state index contributed by atoms with van der Waals surface area (Å²) in [6, 6.07) is 12.7. The number of hydrogen-bond acceptors (Lipinski definition) is 5. The standard InChI is InChI=1S/C21H22O6/c1-24-16-6-4-13(5-7-16)8-15-12-27-20(19(15)21(22)23)14-9-17(25-2)11-18(10-14)26-3/h4-11,19-20H,12H2,1-3H3,(H,22,23)/b15-8+. The van der Waals surface area contributed by atoms with Gasteiger partial charge < -0.3 is 24.1 Å². The lowest BCUT2D eigenvalue weighted by Crippen LogP contribution is -2.19. The van der Waals surface area contributed by atoms with Gasteiger partial charge in [0.05, 0.1) is 27.9 Å². The Morgan fingerprint density at radius 2 is 1.59 bits per heavy atom. The maximum atomic E-state index is 12.0. The lowest BCUT2D eigenvalue weighted by atomic mass is 9.90. The van der Waals surface area contributed by atoms with Gasteiger partial charge in [-0.2, -0.15) is 0 Å². The van der Waals surface area contributed by atoms with Crippen molar-refractivity contribution in [2.45, 2.75) is 6.10 Å². The molecule has 3 rings (SSSR count). The van der Waals surface area contributed by atoms with Gasteiger partial charge in [0, 0.05) is 6.07 Å². The fraction of sp³-hybridized carbons (Fsp3) is 0.286. The Balaban J connectivity index is 1.94. The quantitative estimate of drug-likeness (QED) is 0.838. The fourth-order valence-electron chi connectivity index (χ4n) is 3.18. The first kappa shape index (κ1) is 18.8. The van der Waals surface area contributed by atoms with Crippen LogP contribution in [0.3, 0.4) is 0 Å². The van der Waals surface area contributed by atoms with Crippen LogP contribution in [0.25, 0.3) is 6.08 Å². The summed E-state index contributed by atoms with van der Waals surface area (Å²) in [5.74, 6) is 0.202. The van der Waals surface area contributed by atoms with Crippen molar-refractivity contribution in [2.75, 3.05) is 27.9 Å². The number of aliphatic carboxylic acids is 1.